The molecule has 1 heterocycles. The fraction of sp³-hybridized carbons (Fsp3) is 0.231. The molecule has 0 unspecified atom stereocenters. The molecule has 1 N–H and O–H groups in total. The van der Waals surface area contributed by atoms with Crippen molar-refractivity contribution in [2.75, 3.05) is 0 Å². The molecule has 110 valence electrons. The van der Waals surface area contributed by atoms with Gasteiger partial charge in [-0.15, -0.1) is 0 Å². The van der Waals surface area contributed by atoms with Gasteiger partial charge in [0.25, 0.3) is 5.56 Å². The number of aryl methyl sites for hydroxylation is 2. The summed E-state index contributed by atoms with van der Waals surface area (Å²) in [5, 5.41) is 13.1. The van der Waals surface area contributed by atoms with Crippen LogP contribution in [0.1, 0.15) is 15.9 Å². The lowest BCUT2D eigenvalue weighted by Crippen LogP contribution is -2.39. The Labute approximate surface area is 123 Å². The number of carbonyl (C=O) groups is 1. The molecule has 8 heteroatoms. The Hall–Kier alpha value is -2.35. The van der Waals surface area contributed by atoms with E-state index in [1.165, 1.54) is 20.2 Å². The van der Waals surface area contributed by atoms with Crippen molar-refractivity contribution in [3.05, 3.63) is 50.2 Å². The lowest BCUT2D eigenvalue weighted by molar-refractivity contribution is 0.0696. The van der Waals surface area contributed by atoms with E-state index < -0.39 is 17.2 Å². The molecule has 21 heavy (non-hydrogen) atoms. The molecule has 2 rings (SSSR count). The number of benzene rings is 1. The van der Waals surface area contributed by atoms with Gasteiger partial charge in [0.05, 0.1) is 5.56 Å². The average Bonchev–Trinajstić information content (AvgIpc) is 2.44. The van der Waals surface area contributed by atoms with Gasteiger partial charge in [0.1, 0.15) is 0 Å². The summed E-state index contributed by atoms with van der Waals surface area (Å²) in [5.41, 5.74) is -0.227. The summed E-state index contributed by atoms with van der Waals surface area (Å²) >= 11 is 1.02. The van der Waals surface area contributed by atoms with Crippen molar-refractivity contribution in [2.45, 2.75) is 16.8 Å². The van der Waals surface area contributed by atoms with Crippen molar-refractivity contribution in [1.82, 2.24) is 14.3 Å². The molecular formula is C13H13N3O4S. The monoisotopic (exact) mass is 307 g/mol. The molecule has 2 aromatic rings. The first-order chi connectivity index (χ1) is 9.81. The van der Waals surface area contributed by atoms with Gasteiger partial charge < -0.3 is 5.11 Å². The summed E-state index contributed by atoms with van der Waals surface area (Å²) in [6, 6.07) is 4.85. The molecule has 0 saturated heterocycles. The third-order valence-corrected chi connectivity index (χ3v) is 3.89. The van der Waals surface area contributed by atoms with E-state index in [-0.39, 0.29) is 10.6 Å². The Morgan fingerprint density at radius 1 is 1.29 bits per heavy atom. The zero-order valence-electron chi connectivity index (χ0n) is 11.7. The first-order valence-corrected chi connectivity index (χ1v) is 6.79. The minimum Gasteiger partial charge on any atom is -0.478 e. The van der Waals surface area contributed by atoms with E-state index in [0.717, 1.165) is 21.0 Å². The maximum Gasteiger partial charge on any atom is 0.346 e. The SMILES string of the molecule is Cc1ccc(Sc2nn(C)c(=O)n(C)c2=O)cc1C(=O)O. The number of carboxylic acids is 1. The molecule has 0 aliphatic heterocycles. The molecule has 0 aliphatic rings. The van der Waals surface area contributed by atoms with Gasteiger partial charge in [-0.3, -0.25) is 9.36 Å². The number of rotatable bonds is 3. The van der Waals surface area contributed by atoms with E-state index in [1.807, 2.05) is 0 Å². The van der Waals surface area contributed by atoms with Gasteiger partial charge in [-0.1, -0.05) is 17.8 Å². The smallest absolute Gasteiger partial charge is 0.346 e. The topological polar surface area (TPSA) is 94.2 Å². The second kappa shape index (κ2) is 5.57. The summed E-state index contributed by atoms with van der Waals surface area (Å²) in [7, 11) is 2.82. The van der Waals surface area contributed by atoms with E-state index in [1.54, 1.807) is 19.1 Å². The molecule has 0 saturated carbocycles. The largest absolute Gasteiger partial charge is 0.478 e. The second-order valence-electron chi connectivity index (χ2n) is 4.46. The maximum atomic E-state index is 12.0. The number of hydrogen-bond donors (Lipinski definition) is 1. The van der Waals surface area contributed by atoms with Gasteiger partial charge in [-0.25, -0.2) is 14.3 Å². The van der Waals surface area contributed by atoms with Crippen LogP contribution in [0.4, 0.5) is 0 Å². The minimum absolute atomic E-state index is 0.111. The quantitative estimate of drug-likeness (QED) is 0.894. The van der Waals surface area contributed by atoms with Crippen molar-refractivity contribution < 1.29 is 9.90 Å². The van der Waals surface area contributed by atoms with Crippen molar-refractivity contribution in [3.8, 4) is 0 Å². The molecule has 1 aromatic carbocycles. The van der Waals surface area contributed by atoms with E-state index in [9.17, 15) is 14.4 Å². The van der Waals surface area contributed by atoms with Crippen molar-refractivity contribution in [3.63, 3.8) is 0 Å². The highest BCUT2D eigenvalue weighted by atomic mass is 32.2. The molecule has 0 spiro atoms. The summed E-state index contributed by atoms with van der Waals surface area (Å²) in [5.74, 6) is -1.03. The number of aromatic carboxylic acids is 1. The number of carboxylic acid groups (broad SMARTS) is 1. The average molecular weight is 307 g/mol. The minimum atomic E-state index is -1.03. The van der Waals surface area contributed by atoms with Crippen LogP contribution in [-0.2, 0) is 14.1 Å². The number of nitrogens with zero attached hydrogens (tertiary/aromatic N) is 3. The normalized spacial score (nSPS) is 10.6. The fourth-order valence-corrected chi connectivity index (χ4v) is 2.66. The molecule has 0 bridgehead atoms. The molecule has 0 atom stereocenters. The first-order valence-electron chi connectivity index (χ1n) is 5.97. The van der Waals surface area contributed by atoms with Crippen LogP contribution >= 0.6 is 11.8 Å². The zero-order valence-corrected chi connectivity index (χ0v) is 12.5. The zero-order chi connectivity index (χ0) is 15.7. The lowest BCUT2D eigenvalue weighted by Gasteiger charge is -2.07. The first kappa shape index (κ1) is 15.0. The second-order valence-corrected chi connectivity index (χ2v) is 5.52. The molecule has 0 radical (unpaired) electrons. The van der Waals surface area contributed by atoms with Gasteiger partial charge in [0, 0.05) is 19.0 Å². The van der Waals surface area contributed by atoms with Crippen LogP contribution in [0.2, 0.25) is 0 Å². The Kier molecular flexibility index (Phi) is 3.99. The molecule has 0 amide bonds. The lowest BCUT2D eigenvalue weighted by atomic mass is 10.1. The van der Waals surface area contributed by atoms with E-state index in [0.29, 0.717) is 10.5 Å². The summed E-state index contributed by atoms with van der Waals surface area (Å²) in [6.07, 6.45) is 0. The standard InChI is InChI=1S/C13H13N3O4S/c1-7-4-5-8(6-9(7)12(18)19)21-10-11(17)15(2)13(20)16(3)14-10/h4-6H,1-3H3,(H,18,19). The highest BCUT2D eigenvalue weighted by Gasteiger charge is 2.13. The van der Waals surface area contributed by atoms with Crippen LogP contribution in [0.25, 0.3) is 0 Å². The highest BCUT2D eigenvalue weighted by Crippen LogP contribution is 2.25. The van der Waals surface area contributed by atoms with Crippen LogP contribution in [0.15, 0.2) is 37.7 Å². The number of hydrogen-bond acceptors (Lipinski definition) is 5. The van der Waals surface area contributed by atoms with Crippen LogP contribution in [0, 0.1) is 6.92 Å². The van der Waals surface area contributed by atoms with Gasteiger partial charge in [0.15, 0.2) is 5.03 Å². The van der Waals surface area contributed by atoms with Gasteiger partial charge >= 0.3 is 11.7 Å². The Morgan fingerprint density at radius 3 is 2.57 bits per heavy atom. The van der Waals surface area contributed by atoms with Gasteiger partial charge in [-0.05, 0) is 24.6 Å². The van der Waals surface area contributed by atoms with Crippen LogP contribution in [0.3, 0.4) is 0 Å². The summed E-state index contributed by atoms with van der Waals surface area (Å²) in [6.45, 7) is 1.70. The Morgan fingerprint density at radius 2 is 1.95 bits per heavy atom. The summed E-state index contributed by atoms with van der Waals surface area (Å²) in [4.78, 5) is 35.2. The van der Waals surface area contributed by atoms with Crippen LogP contribution in [-0.4, -0.2) is 25.4 Å². The summed E-state index contributed by atoms with van der Waals surface area (Å²) < 4.78 is 2.03. The molecule has 7 nitrogen and oxygen atoms in total. The van der Waals surface area contributed by atoms with Crippen LogP contribution in [0.5, 0.6) is 0 Å². The maximum absolute atomic E-state index is 12.0. The third kappa shape index (κ3) is 2.89. The van der Waals surface area contributed by atoms with Crippen molar-refractivity contribution >= 4 is 17.7 Å². The van der Waals surface area contributed by atoms with E-state index >= 15 is 0 Å². The molecule has 0 aliphatic carbocycles. The Balaban J connectivity index is 2.49. The molecule has 1 aromatic heterocycles. The fourth-order valence-electron chi connectivity index (χ4n) is 1.74. The van der Waals surface area contributed by atoms with Gasteiger partial charge in [0.2, 0.25) is 0 Å². The molecule has 0 fully saturated rings. The highest BCUT2D eigenvalue weighted by molar-refractivity contribution is 7.99. The number of aromatic nitrogens is 3. The van der Waals surface area contributed by atoms with Crippen LogP contribution < -0.4 is 11.2 Å². The van der Waals surface area contributed by atoms with Crippen molar-refractivity contribution in [2.24, 2.45) is 14.1 Å². The van der Waals surface area contributed by atoms with Gasteiger partial charge in [-0.2, -0.15) is 5.10 Å². The van der Waals surface area contributed by atoms with Crippen molar-refractivity contribution in [1.29, 1.82) is 0 Å². The predicted octanol–water partition coefficient (Wildman–Crippen LogP) is 0.637. The molecular weight excluding hydrogens is 294 g/mol. The van der Waals surface area contributed by atoms with E-state index in [2.05, 4.69) is 5.10 Å². The Bertz CT molecular complexity index is 838. The predicted molar refractivity (Wildman–Crippen MR) is 77.0 cm³/mol. The third-order valence-electron chi connectivity index (χ3n) is 2.95. The van der Waals surface area contributed by atoms with E-state index in [4.69, 9.17) is 5.11 Å².